The van der Waals surface area contributed by atoms with Gasteiger partial charge in [-0.25, -0.2) is 0 Å². The molecule has 0 aromatic heterocycles. The lowest BCUT2D eigenvalue weighted by Crippen LogP contribution is -2.43. The van der Waals surface area contributed by atoms with Crippen LogP contribution in [-0.2, 0) is 10.2 Å². The summed E-state index contributed by atoms with van der Waals surface area (Å²) in [6, 6.07) is 9.35. The van der Waals surface area contributed by atoms with Crippen LogP contribution in [0.1, 0.15) is 45.6 Å². The third-order valence-electron chi connectivity index (χ3n) is 4.37. The highest BCUT2D eigenvalue weighted by molar-refractivity contribution is 5.85. The second-order valence-electron chi connectivity index (χ2n) is 7.16. The van der Waals surface area contributed by atoms with Gasteiger partial charge in [-0.2, -0.15) is 0 Å². The van der Waals surface area contributed by atoms with E-state index in [9.17, 15) is 4.79 Å². The molecule has 1 aliphatic heterocycles. The van der Waals surface area contributed by atoms with E-state index in [-0.39, 0.29) is 24.2 Å². The number of anilines is 1. The number of nitrogens with one attached hydrogen (secondary N) is 1. The molecule has 1 aromatic rings. The van der Waals surface area contributed by atoms with Crippen molar-refractivity contribution in [3.8, 4) is 0 Å². The Morgan fingerprint density at radius 2 is 1.78 bits per heavy atom. The summed E-state index contributed by atoms with van der Waals surface area (Å²) in [5, 5.41) is 12.0. The predicted octanol–water partition coefficient (Wildman–Crippen LogP) is 3.44. The Morgan fingerprint density at radius 3 is 2.26 bits per heavy atom. The molecular formula is C18H29ClN2O2. The number of carboxylic acid groups (broad SMARTS) is 1. The molecule has 0 unspecified atom stereocenters. The molecule has 23 heavy (non-hydrogen) atoms. The molecule has 0 aliphatic carbocycles. The lowest BCUT2D eigenvalue weighted by Gasteiger charge is -2.34. The van der Waals surface area contributed by atoms with E-state index in [4.69, 9.17) is 5.11 Å². The minimum absolute atomic E-state index is 0. The van der Waals surface area contributed by atoms with Crippen molar-refractivity contribution in [3.05, 3.63) is 29.8 Å². The zero-order valence-electron chi connectivity index (χ0n) is 14.3. The minimum atomic E-state index is -0.733. The maximum Gasteiger partial charge on any atom is 0.304 e. The van der Waals surface area contributed by atoms with E-state index in [1.54, 1.807) is 0 Å². The summed E-state index contributed by atoms with van der Waals surface area (Å²) in [7, 11) is 0. The third kappa shape index (κ3) is 6.04. The Balaban J connectivity index is 0.00000264. The summed E-state index contributed by atoms with van der Waals surface area (Å²) >= 11 is 0. The summed E-state index contributed by atoms with van der Waals surface area (Å²) in [5.74, 6) is -0.733. The van der Waals surface area contributed by atoms with Crippen molar-refractivity contribution in [2.24, 2.45) is 0 Å². The lowest BCUT2D eigenvalue weighted by atomic mass is 9.87. The van der Waals surface area contributed by atoms with Gasteiger partial charge < -0.3 is 15.3 Å². The predicted molar refractivity (Wildman–Crippen MR) is 97.9 cm³/mol. The Hall–Kier alpha value is -1.26. The van der Waals surface area contributed by atoms with Crippen molar-refractivity contribution in [1.29, 1.82) is 0 Å². The molecule has 0 atom stereocenters. The van der Waals surface area contributed by atoms with E-state index in [1.165, 1.54) is 11.3 Å². The number of hydrogen-bond acceptors (Lipinski definition) is 3. The zero-order valence-corrected chi connectivity index (χ0v) is 15.2. The summed E-state index contributed by atoms with van der Waals surface area (Å²) < 4.78 is 0. The second-order valence-corrected chi connectivity index (χ2v) is 7.16. The van der Waals surface area contributed by atoms with E-state index in [0.717, 1.165) is 25.9 Å². The fraction of sp³-hybridized carbons (Fsp3) is 0.611. The third-order valence-corrected chi connectivity index (χ3v) is 4.37. The van der Waals surface area contributed by atoms with E-state index in [2.05, 4.69) is 55.3 Å². The monoisotopic (exact) mass is 340 g/mol. The molecular weight excluding hydrogens is 312 g/mol. The maximum atomic E-state index is 10.5. The van der Waals surface area contributed by atoms with Crippen LogP contribution in [0.3, 0.4) is 0 Å². The Labute approximate surface area is 145 Å². The largest absolute Gasteiger partial charge is 0.481 e. The van der Waals surface area contributed by atoms with Crippen LogP contribution in [0.15, 0.2) is 24.3 Å². The van der Waals surface area contributed by atoms with Crippen molar-refractivity contribution >= 4 is 24.1 Å². The molecule has 0 bridgehead atoms. The molecule has 2 N–H and O–H groups in total. The quantitative estimate of drug-likeness (QED) is 0.862. The van der Waals surface area contributed by atoms with Crippen LogP contribution >= 0.6 is 12.4 Å². The van der Waals surface area contributed by atoms with Crippen LogP contribution in [0.4, 0.5) is 5.69 Å². The molecule has 130 valence electrons. The number of piperidine rings is 1. The van der Waals surface area contributed by atoms with Gasteiger partial charge in [-0.3, -0.25) is 4.79 Å². The number of carboxylic acids is 1. The van der Waals surface area contributed by atoms with Gasteiger partial charge in [0, 0.05) is 31.4 Å². The molecule has 0 spiro atoms. The van der Waals surface area contributed by atoms with Gasteiger partial charge in [0.1, 0.15) is 0 Å². The fourth-order valence-electron chi connectivity index (χ4n) is 2.90. The van der Waals surface area contributed by atoms with E-state index >= 15 is 0 Å². The molecule has 5 heteroatoms. The number of benzene rings is 1. The number of hydrogen-bond donors (Lipinski definition) is 2. The first-order valence-corrected chi connectivity index (χ1v) is 8.17. The van der Waals surface area contributed by atoms with Crippen LogP contribution in [-0.4, -0.2) is 36.8 Å². The number of aliphatic carboxylic acids is 1. The average molecular weight is 341 g/mol. The standard InChI is InChI=1S/C18H28N2O2.ClH/c1-18(2,3)14-4-6-16(7-5-14)20-12-9-15(10-13-20)19-11-8-17(21)22;/h4-7,15,19H,8-13H2,1-3H3,(H,21,22);1H. The lowest BCUT2D eigenvalue weighted by molar-refractivity contribution is -0.136. The van der Waals surface area contributed by atoms with Crippen LogP contribution < -0.4 is 10.2 Å². The first-order valence-electron chi connectivity index (χ1n) is 8.17. The Bertz CT molecular complexity index is 489. The summed E-state index contributed by atoms with van der Waals surface area (Å²) in [6.07, 6.45) is 2.34. The van der Waals surface area contributed by atoms with Crippen molar-refractivity contribution in [2.45, 2.75) is 51.5 Å². The van der Waals surface area contributed by atoms with Crippen molar-refractivity contribution in [2.75, 3.05) is 24.5 Å². The van der Waals surface area contributed by atoms with Gasteiger partial charge >= 0.3 is 5.97 Å². The molecule has 1 heterocycles. The molecule has 1 fully saturated rings. The van der Waals surface area contributed by atoms with Crippen LogP contribution in [0.5, 0.6) is 0 Å². The van der Waals surface area contributed by atoms with Crippen LogP contribution in [0, 0.1) is 0 Å². The average Bonchev–Trinajstić information content (AvgIpc) is 2.47. The molecule has 1 aromatic carbocycles. The topological polar surface area (TPSA) is 52.6 Å². The summed E-state index contributed by atoms with van der Waals surface area (Å²) in [5.41, 5.74) is 2.85. The molecule has 1 saturated heterocycles. The number of halogens is 1. The number of carbonyl (C=O) groups is 1. The van der Waals surface area contributed by atoms with Gasteiger partial charge in [0.15, 0.2) is 0 Å². The van der Waals surface area contributed by atoms with E-state index < -0.39 is 5.97 Å². The number of nitrogens with zero attached hydrogens (tertiary/aromatic N) is 1. The Morgan fingerprint density at radius 1 is 1.22 bits per heavy atom. The molecule has 4 nitrogen and oxygen atoms in total. The van der Waals surface area contributed by atoms with Crippen molar-refractivity contribution in [1.82, 2.24) is 5.32 Å². The van der Waals surface area contributed by atoms with Crippen molar-refractivity contribution in [3.63, 3.8) is 0 Å². The number of rotatable bonds is 5. The Kier molecular flexibility index (Phi) is 7.36. The zero-order chi connectivity index (χ0) is 16.2. The molecule has 0 amide bonds. The van der Waals surface area contributed by atoms with Crippen LogP contribution in [0.25, 0.3) is 0 Å². The minimum Gasteiger partial charge on any atom is -0.481 e. The first-order chi connectivity index (χ1) is 10.4. The highest BCUT2D eigenvalue weighted by Gasteiger charge is 2.20. The van der Waals surface area contributed by atoms with E-state index in [0.29, 0.717) is 12.6 Å². The smallest absolute Gasteiger partial charge is 0.304 e. The normalized spacial score (nSPS) is 16.0. The molecule has 0 radical (unpaired) electrons. The van der Waals surface area contributed by atoms with Crippen molar-refractivity contribution < 1.29 is 9.90 Å². The molecule has 2 rings (SSSR count). The van der Waals surface area contributed by atoms with Gasteiger partial charge in [0.2, 0.25) is 0 Å². The van der Waals surface area contributed by atoms with E-state index in [1.807, 2.05) is 0 Å². The highest BCUT2D eigenvalue weighted by Crippen LogP contribution is 2.26. The maximum absolute atomic E-state index is 10.5. The summed E-state index contributed by atoms with van der Waals surface area (Å²) in [6.45, 7) is 9.32. The van der Waals surface area contributed by atoms with Gasteiger partial charge in [0.25, 0.3) is 0 Å². The SMILES string of the molecule is CC(C)(C)c1ccc(N2CCC(NCCC(=O)O)CC2)cc1.Cl. The van der Waals surface area contributed by atoms with Gasteiger partial charge in [-0.15, -0.1) is 12.4 Å². The first kappa shape index (κ1) is 19.8. The van der Waals surface area contributed by atoms with Gasteiger partial charge in [0.05, 0.1) is 6.42 Å². The molecule has 0 saturated carbocycles. The fourth-order valence-corrected chi connectivity index (χ4v) is 2.90. The summed E-state index contributed by atoms with van der Waals surface area (Å²) in [4.78, 5) is 12.9. The second kappa shape index (κ2) is 8.55. The highest BCUT2D eigenvalue weighted by atomic mass is 35.5. The van der Waals surface area contributed by atoms with Gasteiger partial charge in [-0.05, 0) is 36.0 Å². The van der Waals surface area contributed by atoms with Crippen LogP contribution in [0.2, 0.25) is 0 Å². The molecule has 1 aliphatic rings. The van der Waals surface area contributed by atoms with Gasteiger partial charge in [-0.1, -0.05) is 32.9 Å².